The Bertz CT molecular complexity index is 536. The molecule has 2 rings (SSSR count). The molecule has 114 valence electrons. The Hall–Kier alpha value is -1.72. The summed E-state index contributed by atoms with van der Waals surface area (Å²) in [6.45, 7) is 7.36. The van der Waals surface area contributed by atoms with Crippen molar-refractivity contribution in [3.8, 4) is 0 Å². The molecular formula is C16H24N4O. The third kappa shape index (κ3) is 5.28. The molecule has 5 nitrogen and oxygen atoms in total. The fourth-order valence-corrected chi connectivity index (χ4v) is 2.06. The van der Waals surface area contributed by atoms with Crippen molar-refractivity contribution >= 4 is 0 Å². The zero-order chi connectivity index (χ0) is 15.1. The Morgan fingerprint density at radius 1 is 1.24 bits per heavy atom. The third-order valence-corrected chi connectivity index (χ3v) is 3.30. The van der Waals surface area contributed by atoms with E-state index in [1.165, 1.54) is 5.56 Å². The molecule has 0 saturated carbocycles. The van der Waals surface area contributed by atoms with E-state index in [0.29, 0.717) is 13.2 Å². The molecule has 0 fully saturated rings. The van der Waals surface area contributed by atoms with E-state index in [2.05, 4.69) is 53.5 Å². The van der Waals surface area contributed by atoms with Gasteiger partial charge in [0.2, 0.25) is 0 Å². The Balaban J connectivity index is 1.68. The first-order chi connectivity index (χ1) is 10.1. The molecule has 1 aromatic heterocycles. The largest absolute Gasteiger partial charge is 0.373 e. The van der Waals surface area contributed by atoms with Crippen LogP contribution in [-0.4, -0.2) is 27.9 Å². The Morgan fingerprint density at radius 2 is 2.00 bits per heavy atom. The van der Waals surface area contributed by atoms with Crippen molar-refractivity contribution < 1.29 is 4.74 Å². The van der Waals surface area contributed by atoms with Gasteiger partial charge in [0.15, 0.2) is 5.82 Å². The number of nitrogens with one attached hydrogen (secondary N) is 1. The number of hydrogen-bond acceptors (Lipinski definition) is 4. The second-order valence-electron chi connectivity index (χ2n) is 6.05. The summed E-state index contributed by atoms with van der Waals surface area (Å²) in [5, 5.41) is 7.51. The van der Waals surface area contributed by atoms with E-state index in [1.807, 2.05) is 13.1 Å². The zero-order valence-corrected chi connectivity index (χ0v) is 13.0. The molecule has 0 bridgehead atoms. The van der Waals surface area contributed by atoms with Gasteiger partial charge in [-0.1, -0.05) is 44.2 Å². The molecule has 0 unspecified atom stereocenters. The summed E-state index contributed by atoms with van der Waals surface area (Å²) in [6.07, 6.45) is 1.55. The molecule has 21 heavy (non-hydrogen) atoms. The average Bonchev–Trinajstić information content (AvgIpc) is 2.85. The number of aromatic nitrogens is 3. The number of aryl methyl sites for hydroxylation is 1. The molecule has 0 aliphatic rings. The minimum Gasteiger partial charge on any atom is -0.373 e. The molecule has 0 radical (unpaired) electrons. The smallest absolute Gasteiger partial charge is 0.152 e. The van der Waals surface area contributed by atoms with Crippen molar-refractivity contribution in [3.63, 3.8) is 0 Å². The highest BCUT2D eigenvalue weighted by Gasteiger charge is 2.18. The van der Waals surface area contributed by atoms with Gasteiger partial charge in [-0.2, -0.15) is 5.10 Å². The lowest BCUT2D eigenvalue weighted by Gasteiger charge is -2.24. The summed E-state index contributed by atoms with van der Waals surface area (Å²) in [5.41, 5.74) is 1.38. The van der Waals surface area contributed by atoms with Gasteiger partial charge in [-0.25, -0.2) is 4.98 Å². The number of benzene rings is 1. The molecular weight excluding hydrogens is 264 g/mol. The highest BCUT2D eigenvalue weighted by atomic mass is 16.5. The summed E-state index contributed by atoms with van der Waals surface area (Å²) < 4.78 is 7.50. The fraction of sp³-hybridized carbons (Fsp3) is 0.500. The van der Waals surface area contributed by atoms with Crippen LogP contribution < -0.4 is 5.32 Å². The van der Waals surface area contributed by atoms with Crippen LogP contribution in [0.25, 0.3) is 0 Å². The molecule has 0 saturated heterocycles. The Kier molecular flexibility index (Phi) is 5.47. The van der Waals surface area contributed by atoms with Crippen LogP contribution in [0.4, 0.5) is 0 Å². The Labute approximate surface area is 126 Å². The molecule has 0 aliphatic heterocycles. The predicted molar refractivity (Wildman–Crippen MR) is 82.6 cm³/mol. The van der Waals surface area contributed by atoms with E-state index >= 15 is 0 Å². The highest BCUT2D eigenvalue weighted by Crippen LogP contribution is 2.15. The van der Waals surface area contributed by atoms with E-state index in [9.17, 15) is 0 Å². The third-order valence-electron chi connectivity index (χ3n) is 3.30. The molecule has 0 aliphatic carbocycles. The Morgan fingerprint density at radius 3 is 2.67 bits per heavy atom. The topological polar surface area (TPSA) is 52.0 Å². The number of rotatable bonds is 8. The maximum absolute atomic E-state index is 5.76. The van der Waals surface area contributed by atoms with Gasteiger partial charge in [-0.3, -0.25) is 4.68 Å². The van der Waals surface area contributed by atoms with Crippen molar-refractivity contribution in [2.45, 2.75) is 27.0 Å². The van der Waals surface area contributed by atoms with Crippen molar-refractivity contribution in [2.75, 3.05) is 13.2 Å². The number of ether oxygens (including phenoxy) is 1. The van der Waals surface area contributed by atoms with Crippen LogP contribution in [0.1, 0.15) is 25.2 Å². The van der Waals surface area contributed by atoms with Crippen LogP contribution in [0.3, 0.4) is 0 Å². The van der Waals surface area contributed by atoms with Crippen molar-refractivity contribution in [1.82, 2.24) is 20.1 Å². The minimum atomic E-state index is 0.0768. The van der Waals surface area contributed by atoms with Gasteiger partial charge >= 0.3 is 0 Å². The van der Waals surface area contributed by atoms with Crippen molar-refractivity contribution in [1.29, 1.82) is 0 Å². The van der Waals surface area contributed by atoms with E-state index in [4.69, 9.17) is 4.74 Å². The molecule has 1 N–H and O–H groups in total. The monoisotopic (exact) mass is 288 g/mol. The molecule has 1 heterocycles. The molecule has 1 aromatic carbocycles. The number of nitrogens with zero attached hydrogens (tertiary/aromatic N) is 3. The van der Waals surface area contributed by atoms with E-state index in [-0.39, 0.29) is 5.41 Å². The van der Waals surface area contributed by atoms with Crippen LogP contribution in [0.15, 0.2) is 36.7 Å². The predicted octanol–water partition coefficient (Wildman–Crippen LogP) is 2.15. The maximum Gasteiger partial charge on any atom is 0.152 e. The first-order valence-corrected chi connectivity index (χ1v) is 7.22. The second-order valence-corrected chi connectivity index (χ2v) is 6.05. The SMILES string of the molecule is Cn1ncnc1COCC(C)(C)CNCc1ccccc1. The lowest BCUT2D eigenvalue weighted by atomic mass is 9.95. The summed E-state index contributed by atoms with van der Waals surface area (Å²) >= 11 is 0. The molecule has 5 heteroatoms. The summed E-state index contributed by atoms with van der Waals surface area (Å²) in [6, 6.07) is 10.4. The maximum atomic E-state index is 5.76. The van der Waals surface area contributed by atoms with E-state index in [0.717, 1.165) is 18.9 Å². The van der Waals surface area contributed by atoms with Gasteiger partial charge in [-0.05, 0) is 5.56 Å². The lowest BCUT2D eigenvalue weighted by molar-refractivity contribution is 0.0462. The van der Waals surface area contributed by atoms with Gasteiger partial charge in [0.05, 0.1) is 6.61 Å². The average molecular weight is 288 g/mol. The van der Waals surface area contributed by atoms with Crippen LogP contribution in [0, 0.1) is 5.41 Å². The number of hydrogen-bond donors (Lipinski definition) is 1. The normalized spacial score (nSPS) is 11.8. The summed E-state index contributed by atoms with van der Waals surface area (Å²) in [4.78, 5) is 4.15. The zero-order valence-electron chi connectivity index (χ0n) is 13.0. The molecule has 0 atom stereocenters. The first kappa shape index (κ1) is 15.7. The molecule has 0 spiro atoms. The van der Waals surface area contributed by atoms with Gasteiger partial charge in [0, 0.05) is 25.6 Å². The van der Waals surface area contributed by atoms with E-state index < -0.39 is 0 Å². The highest BCUT2D eigenvalue weighted by molar-refractivity contribution is 5.14. The van der Waals surface area contributed by atoms with Crippen LogP contribution in [0.2, 0.25) is 0 Å². The minimum absolute atomic E-state index is 0.0768. The van der Waals surface area contributed by atoms with Gasteiger partial charge in [0.25, 0.3) is 0 Å². The standard InChI is InChI=1S/C16H24N4O/c1-16(2,11-17-9-14-7-5-4-6-8-14)12-21-10-15-18-13-19-20(15)3/h4-8,13,17H,9-12H2,1-3H3. The van der Waals surface area contributed by atoms with Gasteiger partial charge < -0.3 is 10.1 Å². The van der Waals surface area contributed by atoms with Crippen LogP contribution in [-0.2, 0) is 24.9 Å². The fourth-order valence-electron chi connectivity index (χ4n) is 2.06. The summed E-state index contributed by atoms with van der Waals surface area (Å²) in [5.74, 6) is 0.850. The quantitative estimate of drug-likeness (QED) is 0.808. The second kappa shape index (κ2) is 7.33. The first-order valence-electron chi connectivity index (χ1n) is 7.22. The van der Waals surface area contributed by atoms with E-state index in [1.54, 1.807) is 11.0 Å². The molecule has 2 aromatic rings. The van der Waals surface area contributed by atoms with Crippen molar-refractivity contribution in [3.05, 3.63) is 48.0 Å². The van der Waals surface area contributed by atoms with Crippen molar-refractivity contribution in [2.24, 2.45) is 12.5 Å². The lowest BCUT2D eigenvalue weighted by Crippen LogP contribution is -2.33. The van der Waals surface area contributed by atoms with Gasteiger partial charge in [-0.15, -0.1) is 0 Å². The van der Waals surface area contributed by atoms with Crippen LogP contribution in [0.5, 0.6) is 0 Å². The molecule has 0 amide bonds. The van der Waals surface area contributed by atoms with Crippen LogP contribution >= 0.6 is 0 Å². The summed E-state index contributed by atoms with van der Waals surface area (Å²) in [7, 11) is 1.87. The van der Waals surface area contributed by atoms with Gasteiger partial charge in [0.1, 0.15) is 12.9 Å².